The lowest BCUT2D eigenvalue weighted by atomic mass is 10.0. The quantitative estimate of drug-likeness (QED) is 0.809. The zero-order valence-electron chi connectivity index (χ0n) is 9.80. The second-order valence-electron chi connectivity index (χ2n) is 4.42. The fourth-order valence-electron chi connectivity index (χ4n) is 1.22. The summed E-state index contributed by atoms with van der Waals surface area (Å²) in [5.74, 6) is 0. The van der Waals surface area contributed by atoms with Gasteiger partial charge in [-0.05, 0) is 38.5 Å². The van der Waals surface area contributed by atoms with Crippen LogP contribution < -0.4 is 11.1 Å². The molecule has 0 amide bonds. The van der Waals surface area contributed by atoms with Gasteiger partial charge in [0.25, 0.3) is 0 Å². The molecule has 1 rings (SSSR count). The van der Waals surface area contributed by atoms with E-state index in [0.29, 0.717) is 10.0 Å². The highest BCUT2D eigenvalue weighted by atomic mass is 35.5. The lowest BCUT2D eigenvalue weighted by Crippen LogP contribution is -2.29. The molecule has 0 aliphatic carbocycles. The summed E-state index contributed by atoms with van der Waals surface area (Å²) in [5, 5.41) is 4.03. The predicted octanol–water partition coefficient (Wildman–Crippen LogP) is 3.57. The van der Waals surface area contributed by atoms with Crippen LogP contribution in [-0.4, -0.2) is 10.5 Å². The number of hydrogen-bond donors (Lipinski definition) is 2. The Hall–Kier alpha value is -0.800. The van der Waals surface area contributed by atoms with Crippen molar-refractivity contribution >= 4 is 34.5 Å². The minimum absolute atomic E-state index is 0.0222. The van der Waals surface area contributed by atoms with Crippen molar-refractivity contribution < 1.29 is 0 Å². The number of hydrogen-bond acceptors (Lipinski definition) is 2. The molecule has 88 valence electrons. The molecule has 0 unspecified atom stereocenters. The molecule has 0 aliphatic heterocycles. The maximum absolute atomic E-state index is 6.16. The first-order chi connectivity index (χ1) is 7.35. The molecule has 2 nitrogen and oxygen atoms in total. The van der Waals surface area contributed by atoms with Crippen molar-refractivity contribution in [2.75, 3.05) is 5.32 Å². The third-order valence-corrected chi connectivity index (χ3v) is 3.16. The van der Waals surface area contributed by atoms with Gasteiger partial charge in [-0.25, -0.2) is 0 Å². The molecule has 1 aromatic rings. The van der Waals surface area contributed by atoms with Crippen LogP contribution in [0.15, 0.2) is 18.2 Å². The van der Waals surface area contributed by atoms with Gasteiger partial charge in [0.2, 0.25) is 0 Å². The fourth-order valence-corrected chi connectivity index (χ4v) is 1.58. The van der Waals surface area contributed by atoms with Crippen molar-refractivity contribution in [3.8, 4) is 0 Å². The van der Waals surface area contributed by atoms with Crippen LogP contribution in [0, 0.1) is 0 Å². The highest BCUT2D eigenvalue weighted by Gasteiger charge is 2.15. The summed E-state index contributed by atoms with van der Waals surface area (Å²) in [4.78, 5) is 0.364. The normalized spacial score (nSPS) is 11.2. The van der Waals surface area contributed by atoms with Crippen molar-refractivity contribution in [3.05, 3.63) is 28.8 Å². The van der Waals surface area contributed by atoms with Crippen LogP contribution in [0.1, 0.15) is 32.8 Å². The Labute approximate surface area is 107 Å². The lowest BCUT2D eigenvalue weighted by Gasteiger charge is -2.26. The summed E-state index contributed by atoms with van der Waals surface area (Å²) in [6.45, 7) is 6.39. The van der Waals surface area contributed by atoms with Gasteiger partial charge in [0.05, 0.1) is 10.7 Å². The summed E-state index contributed by atoms with van der Waals surface area (Å²) >= 11 is 11.1. The Bertz CT molecular complexity index is 402. The molecule has 0 aromatic heterocycles. The smallest absolute Gasteiger partial charge is 0.104 e. The standard InChI is InChI=1S/C12H17ClN2S/c1-4-12(2,3)15-10-6-5-8(11(14)16)7-9(10)13/h5-7,15H,4H2,1-3H3,(H2,14,16). The maximum Gasteiger partial charge on any atom is 0.104 e. The molecular weight excluding hydrogens is 240 g/mol. The highest BCUT2D eigenvalue weighted by Crippen LogP contribution is 2.27. The molecule has 0 spiro atoms. The molecule has 1 aromatic carbocycles. The largest absolute Gasteiger partial charge is 0.389 e. The van der Waals surface area contributed by atoms with Crippen molar-refractivity contribution in [2.24, 2.45) is 5.73 Å². The van der Waals surface area contributed by atoms with E-state index in [0.717, 1.165) is 17.7 Å². The molecular formula is C12H17ClN2S. The van der Waals surface area contributed by atoms with E-state index in [1.54, 1.807) is 6.07 Å². The summed E-state index contributed by atoms with van der Waals surface area (Å²) < 4.78 is 0. The predicted molar refractivity (Wildman–Crippen MR) is 75.3 cm³/mol. The fraction of sp³-hybridized carbons (Fsp3) is 0.417. The number of nitrogens with one attached hydrogen (secondary N) is 1. The molecule has 0 radical (unpaired) electrons. The van der Waals surface area contributed by atoms with Crippen molar-refractivity contribution in [1.29, 1.82) is 0 Å². The van der Waals surface area contributed by atoms with Gasteiger partial charge in [0.1, 0.15) is 4.99 Å². The number of halogens is 1. The monoisotopic (exact) mass is 256 g/mol. The number of anilines is 1. The molecule has 0 aliphatic rings. The SMILES string of the molecule is CCC(C)(C)Nc1ccc(C(N)=S)cc1Cl. The van der Waals surface area contributed by atoms with E-state index in [1.165, 1.54) is 0 Å². The highest BCUT2D eigenvalue weighted by molar-refractivity contribution is 7.80. The molecule has 4 heteroatoms. The van der Waals surface area contributed by atoms with Crippen LogP contribution in [0.25, 0.3) is 0 Å². The van der Waals surface area contributed by atoms with E-state index in [2.05, 4.69) is 26.1 Å². The van der Waals surface area contributed by atoms with Crippen LogP contribution in [-0.2, 0) is 0 Å². The van der Waals surface area contributed by atoms with Crippen LogP contribution >= 0.6 is 23.8 Å². The molecule has 0 saturated heterocycles. The molecule has 0 saturated carbocycles. The zero-order chi connectivity index (χ0) is 12.3. The number of benzene rings is 1. The number of rotatable bonds is 4. The van der Waals surface area contributed by atoms with E-state index < -0.39 is 0 Å². The van der Waals surface area contributed by atoms with E-state index in [1.807, 2.05) is 12.1 Å². The Morgan fingerprint density at radius 3 is 2.56 bits per heavy atom. The molecule has 0 heterocycles. The summed E-state index contributed by atoms with van der Waals surface area (Å²) in [6.07, 6.45) is 1.01. The van der Waals surface area contributed by atoms with E-state index in [9.17, 15) is 0 Å². The third kappa shape index (κ3) is 3.35. The van der Waals surface area contributed by atoms with E-state index in [4.69, 9.17) is 29.6 Å². The van der Waals surface area contributed by atoms with Gasteiger partial charge in [-0.3, -0.25) is 0 Å². The second kappa shape index (κ2) is 5.02. The Balaban J connectivity index is 2.96. The number of thiocarbonyl (C=S) groups is 1. The molecule has 0 bridgehead atoms. The number of nitrogens with two attached hydrogens (primary N) is 1. The van der Waals surface area contributed by atoms with Gasteiger partial charge < -0.3 is 11.1 Å². The molecule has 16 heavy (non-hydrogen) atoms. The maximum atomic E-state index is 6.16. The van der Waals surface area contributed by atoms with Gasteiger partial charge in [0, 0.05) is 11.1 Å². The van der Waals surface area contributed by atoms with Gasteiger partial charge in [-0.1, -0.05) is 30.7 Å². The van der Waals surface area contributed by atoms with Crippen molar-refractivity contribution in [2.45, 2.75) is 32.7 Å². The third-order valence-electron chi connectivity index (χ3n) is 2.61. The Morgan fingerprint density at radius 2 is 2.12 bits per heavy atom. The van der Waals surface area contributed by atoms with Crippen molar-refractivity contribution in [3.63, 3.8) is 0 Å². The van der Waals surface area contributed by atoms with Crippen LogP contribution in [0.3, 0.4) is 0 Å². The van der Waals surface area contributed by atoms with Crippen molar-refractivity contribution in [1.82, 2.24) is 0 Å². The Kier molecular flexibility index (Phi) is 4.16. The summed E-state index contributed by atoms with van der Waals surface area (Å²) in [6, 6.07) is 5.58. The summed E-state index contributed by atoms with van der Waals surface area (Å²) in [7, 11) is 0. The Morgan fingerprint density at radius 1 is 1.50 bits per heavy atom. The average molecular weight is 257 g/mol. The van der Waals surface area contributed by atoms with Gasteiger partial charge in [0.15, 0.2) is 0 Å². The molecule has 0 fully saturated rings. The summed E-state index contributed by atoms with van der Waals surface area (Å²) in [5.41, 5.74) is 7.26. The van der Waals surface area contributed by atoms with Gasteiger partial charge in [-0.2, -0.15) is 0 Å². The van der Waals surface area contributed by atoms with Crippen LogP contribution in [0.4, 0.5) is 5.69 Å². The second-order valence-corrected chi connectivity index (χ2v) is 5.27. The molecule has 3 N–H and O–H groups in total. The lowest BCUT2D eigenvalue weighted by molar-refractivity contribution is 0.547. The zero-order valence-corrected chi connectivity index (χ0v) is 11.4. The van der Waals surface area contributed by atoms with E-state index >= 15 is 0 Å². The van der Waals surface area contributed by atoms with Gasteiger partial charge >= 0.3 is 0 Å². The topological polar surface area (TPSA) is 38.0 Å². The minimum Gasteiger partial charge on any atom is -0.389 e. The van der Waals surface area contributed by atoms with Crippen LogP contribution in [0.5, 0.6) is 0 Å². The molecule has 0 atom stereocenters. The minimum atomic E-state index is 0.0222. The average Bonchev–Trinajstić information content (AvgIpc) is 2.20. The first-order valence-electron chi connectivity index (χ1n) is 5.23. The first-order valence-corrected chi connectivity index (χ1v) is 6.02. The van der Waals surface area contributed by atoms with Gasteiger partial charge in [-0.15, -0.1) is 0 Å². The van der Waals surface area contributed by atoms with E-state index in [-0.39, 0.29) is 5.54 Å². The van der Waals surface area contributed by atoms with Crippen LogP contribution in [0.2, 0.25) is 5.02 Å². The first kappa shape index (κ1) is 13.3.